The highest BCUT2D eigenvalue weighted by Gasteiger charge is 2.45. The van der Waals surface area contributed by atoms with Crippen molar-refractivity contribution < 1.29 is 4.42 Å². The zero-order valence-electron chi connectivity index (χ0n) is 41.5. The lowest BCUT2D eigenvalue weighted by atomic mass is 9.60. The second-order valence-electron chi connectivity index (χ2n) is 21.4. The Morgan fingerprint density at radius 1 is 0.471 bits per heavy atom. The topological polar surface area (TPSA) is 19.6 Å². The average Bonchev–Trinajstić information content (AvgIpc) is 3.88. The predicted octanol–water partition coefficient (Wildman–Crippen LogP) is 18.1. The van der Waals surface area contributed by atoms with E-state index in [-0.39, 0.29) is 17.0 Å². The van der Waals surface area contributed by atoms with Gasteiger partial charge in [0, 0.05) is 40.0 Å². The molecule has 6 bridgehead atoms. The summed E-state index contributed by atoms with van der Waals surface area (Å²) in [7, 11) is 2.28. The molecule has 3 nitrogen and oxygen atoms in total. The van der Waals surface area contributed by atoms with Crippen molar-refractivity contribution >= 4 is 39.0 Å². The zero-order valence-corrected chi connectivity index (χ0v) is 41.5. The predicted molar refractivity (Wildman–Crippen MR) is 296 cm³/mol. The van der Waals surface area contributed by atoms with E-state index in [2.05, 4.69) is 241 Å². The van der Waals surface area contributed by atoms with Crippen molar-refractivity contribution in [3.63, 3.8) is 0 Å². The Hall–Kier alpha value is -7.62. The molecule has 2 unspecified atom stereocenters. The smallest absolute Gasteiger partial charge is 0.143 e. The summed E-state index contributed by atoms with van der Waals surface area (Å²) in [6.45, 7) is 16.4. The monoisotopic (exact) mass is 906 g/mol. The minimum Gasteiger partial charge on any atom is -0.455 e. The summed E-state index contributed by atoms with van der Waals surface area (Å²) in [4.78, 5) is 5.12. The zero-order chi connectivity index (χ0) is 47.8. The highest BCUT2D eigenvalue weighted by atomic mass is 16.3. The highest BCUT2D eigenvalue weighted by Crippen LogP contribution is 2.60. The van der Waals surface area contributed by atoms with Gasteiger partial charge in [-0.3, -0.25) is 0 Å². The molecule has 10 aromatic rings. The number of benzene rings is 9. The first kappa shape index (κ1) is 42.5. The Kier molecular flexibility index (Phi) is 9.37. The normalized spacial score (nSPS) is 17.6. The summed E-state index contributed by atoms with van der Waals surface area (Å²) in [5, 5.41) is 2.23. The van der Waals surface area contributed by atoms with Gasteiger partial charge in [0.25, 0.3) is 0 Å². The SMILES string of the molecule is Cc1ccc(-c2c(-c3ccc(C)cc3)c(-c3ccccc3)c(-c3cccc4c3oc3ccccc34)c3c2-c2ccc(cc2)C2(C)CCC(C)(C)c4cc5c(cc42)N(c2cc-3ccc2C)C(C)N5C)cc1. The molecule has 1 aliphatic carbocycles. The number of rotatable bonds is 4. The fourth-order valence-corrected chi connectivity index (χ4v) is 12.6. The van der Waals surface area contributed by atoms with Crippen LogP contribution in [-0.4, -0.2) is 13.2 Å². The molecule has 0 saturated carbocycles. The standard InChI is InChI=1S/C67H58N2O/c1-40-21-26-45(27-22-40)59-60(46-28-23-41(2)24-29-46)62(44-15-10-9-11-16-44)64(52-19-14-18-51-50-17-12-13-20-58(50)70-65(51)52)63-48-30-25-42(3)55(37-48)69-43(4)68(8)56-38-53-54(39-57(56)69)67(7,36-35-66(53,5)6)49-33-31-47(32-34-49)61(59)63/h9-34,37-39,43H,35-36H2,1-8H3. The lowest BCUT2D eigenvalue weighted by molar-refractivity contribution is 0.350. The average molecular weight is 907 g/mol. The minimum atomic E-state index is -0.190. The fraction of sp³-hybridized carbons (Fsp3) is 0.194. The molecule has 0 saturated heterocycles. The van der Waals surface area contributed by atoms with Crippen LogP contribution >= 0.6 is 0 Å². The van der Waals surface area contributed by atoms with Gasteiger partial charge in [-0.2, -0.15) is 0 Å². The largest absolute Gasteiger partial charge is 0.455 e. The second-order valence-corrected chi connectivity index (χ2v) is 21.4. The van der Waals surface area contributed by atoms with E-state index < -0.39 is 0 Å². The van der Waals surface area contributed by atoms with Crippen LogP contribution in [0.15, 0.2) is 180 Å². The van der Waals surface area contributed by atoms with Gasteiger partial charge in [-0.1, -0.05) is 184 Å². The second kappa shape index (κ2) is 15.4. The minimum absolute atomic E-state index is 0.0480. The molecular formula is C67H58N2O. The molecule has 3 heteroatoms. The summed E-state index contributed by atoms with van der Waals surface area (Å²) < 4.78 is 7.12. The summed E-state index contributed by atoms with van der Waals surface area (Å²) >= 11 is 0. The lowest BCUT2D eigenvalue weighted by Gasteiger charge is -2.44. The molecule has 4 heterocycles. The molecule has 0 fully saturated rings. The molecule has 342 valence electrons. The molecule has 0 amide bonds. The van der Waals surface area contributed by atoms with Crippen LogP contribution < -0.4 is 9.80 Å². The van der Waals surface area contributed by atoms with Gasteiger partial charge in [-0.15, -0.1) is 0 Å². The molecule has 0 spiro atoms. The number of aryl methyl sites for hydroxylation is 3. The molecule has 0 N–H and O–H groups in total. The van der Waals surface area contributed by atoms with Crippen molar-refractivity contribution in [2.75, 3.05) is 16.8 Å². The first-order valence-corrected chi connectivity index (χ1v) is 25.2. The first-order chi connectivity index (χ1) is 33.9. The molecule has 4 aliphatic rings. The molecule has 3 aliphatic heterocycles. The van der Waals surface area contributed by atoms with Gasteiger partial charge in [-0.25, -0.2) is 0 Å². The summed E-state index contributed by atoms with van der Waals surface area (Å²) in [6.07, 6.45) is 2.27. The van der Waals surface area contributed by atoms with Crippen LogP contribution in [0.25, 0.3) is 88.7 Å². The van der Waals surface area contributed by atoms with Gasteiger partial charge >= 0.3 is 0 Å². The van der Waals surface area contributed by atoms with E-state index in [1.54, 1.807) is 0 Å². The molecular weight excluding hydrogens is 849 g/mol. The Balaban J connectivity index is 1.28. The number of furan rings is 1. The number of fused-ring (bicyclic) bond motifs is 5. The molecule has 70 heavy (non-hydrogen) atoms. The van der Waals surface area contributed by atoms with Gasteiger partial charge in [0.1, 0.15) is 17.3 Å². The maximum atomic E-state index is 7.12. The van der Waals surface area contributed by atoms with E-state index in [0.29, 0.717) is 0 Å². The molecule has 9 aromatic carbocycles. The quantitative estimate of drug-likeness (QED) is 0.175. The van der Waals surface area contributed by atoms with E-state index in [1.165, 1.54) is 95.0 Å². The van der Waals surface area contributed by atoms with Gasteiger partial charge in [0.15, 0.2) is 0 Å². The number of para-hydroxylation sites is 2. The van der Waals surface area contributed by atoms with Crippen molar-refractivity contribution in [2.24, 2.45) is 0 Å². The van der Waals surface area contributed by atoms with Crippen LogP contribution in [0.4, 0.5) is 17.1 Å². The highest BCUT2D eigenvalue weighted by molar-refractivity contribution is 6.19. The van der Waals surface area contributed by atoms with E-state index in [1.807, 2.05) is 0 Å². The Labute approximate surface area is 412 Å². The number of hydrogen-bond donors (Lipinski definition) is 0. The van der Waals surface area contributed by atoms with Gasteiger partial charge < -0.3 is 14.2 Å². The van der Waals surface area contributed by atoms with Crippen LogP contribution in [0.5, 0.6) is 0 Å². The number of nitrogens with zero attached hydrogens (tertiary/aromatic N) is 2. The maximum absolute atomic E-state index is 7.12. The van der Waals surface area contributed by atoms with Crippen molar-refractivity contribution in [1.29, 1.82) is 0 Å². The van der Waals surface area contributed by atoms with Crippen molar-refractivity contribution in [1.82, 2.24) is 0 Å². The molecule has 1 aromatic heterocycles. The van der Waals surface area contributed by atoms with Crippen LogP contribution in [-0.2, 0) is 10.8 Å². The van der Waals surface area contributed by atoms with Crippen LogP contribution in [0.1, 0.15) is 73.9 Å². The molecule has 2 atom stereocenters. The van der Waals surface area contributed by atoms with Crippen molar-refractivity contribution in [3.8, 4) is 66.8 Å². The fourth-order valence-electron chi connectivity index (χ4n) is 12.6. The molecule has 0 radical (unpaired) electrons. The van der Waals surface area contributed by atoms with E-state index in [0.717, 1.165) is 57.0 Å². The van der Waals surface area contributed by atoms with Crippen LogP contribution in [0.3, 0.4) is 0 Å². The van der Waals surface area contributed by atoms with Crippen molar-refractivity contribution in [2.45, 2.75) is 78.3 Å². The summed E-state index contributed by atoms with van der Waals surface area (Å²) in [6, 6.07) is 67.0. The van der Waals surface area contributed by atoms with Gasteiger partial charge in [-0.05, 0) is 148 Å². The van der Waals surface area contributed by atoms with Crippen LogP contribution in [0.2, 0.25) is 0 Å². The van der Waals surface area contributed by atoms with Crippen molar-refractivity contribution in [3.05, 3.63) is 209 Å². The summed E-state index contributed by atoms with van der Waals surface area (Å²) in [5.74, 6) is 0. The Bertz CT molecular complexity index is 3740. The third-order valence-corrected chi connectivity index (χ3v) is 16.7. The lowest BCUT2D eigenvalue weighted by Crippen LogP contribution is -2.36. The summed E-state index contributed by atoms with van der Waals surface area (Å²) in [5.41, 5.74) is 27.5. The third-order valence-electron chi connectivity index (χ3n) is 16.7. The Morgan fingerprint density at radius 3 is 1.69 bits per heavy atom. The van der Waals surface area contributed by atoms with Gasteiger partial charge in [0.05, 0.1) is 11.4 Å². The first-order valence-electron chi connectivity index (χ1n) is 25.2. The van der Waals surface area contributed by atoms with E-state index in [9.17, 15) is 0 Å². The Morgan fingerprint density at radius 2 is 1.01 bits per heavy atom. The number of anilines is 3. The van der Waals surface area contributed by atoms with Crippen LogP contribution in [0, 0.1) is 20.8 Å². The number of hydrogen-bond acceptors (Lipinski definition) is 3. The third kappa shape index (κ3) is 6.20. The van der Waals surface area contributed by atoms with E-state index >= 15 is 0 Å². The van der Waals surface area contributed by atoms with E-state index in [4.69, 9.17) is 4.42 Å². The maximum Gasteiger partial charge on any atom is 0.143 e. The molecule has 14 rings (SSSR count). The van der Waals surface area contributed by atoms with Gasteiger partial charge in [0.2, 0.25) is 0 Å².